The Morgan fingerprint density at radius 1 is 1.25 bits per heavy atom. The summed E-state index contributed by atoms with van der Waals surface area (Å²) in [4.78, 5) is 2.44. The van der Waals surface area contributed by atoms with Gasteiger partial charge in [-0.05, 0) is 65.2 Å². The number of likely N-dealkylation sites (tertiary alicyclic amines) is 1. The highest BCUT2D eigenvalue weighted by Gasteiger charge is 2.21. The summed E-state index contributed by atoms with van der Waals surface area (Å²) in [6, 6.07) is 0.698. The molecular weight excluding hydrogens is 200 g/mol. The molecule has 0 spiro atoms. The van der Waals surface area contributed by atoms with Gasteiger partial charge in [0.25, 0.3) is 0 Å². The molecule has 2 heterocycles. The number of piperidine rings is 1. The van der Waals surface area contributed by atoms with Gasteiger partial charge < -0.3 is 15.0 Å². The fraction of sp³-hybridized carbons (Fsp3) is 1.00. The van der Waals surface area contributed by atoms with Gasteiger partial charge in [0, 0.05) is 12.6 Å². The molecule has 0 aromatic rings. The summed E-state index contributed by atoms with van der Waals surface area (Å²) in [5.74, 6) is 0.898. The van der Waals surface area contributed by atoms with E-state index in [1.54, 1.807) is 0 Å². The normalized spacial score (nSPS) is 34.1. The van der Waals surface area contributed by atoms with Crippen molar-refractivity contribution < 1.29 is 4.74 Å². The van der Waals surface area contributed by atoms with Gasteiger partial charge in [0.15, 0.2) is 0 Å². The Balaban J connectivity index is 1.63. The Hall–Kier alpha value is -0.120. The van der Waals surface area contributed by atoms with E-state index >= 15 is 0 Å². The molecule has 2 atom stereocenters. The first-order valence-electron chi connectivity index (χ1n) is 6.77. The zero-order valence-corrected chi connectivity index (χ0v) is 10.7. The summed E-state index contributed by atoms with van der Waals surface area (Å²) in [5.41, 5.74) is 0. The maximum absolute atomic E-state index is 5.57. The minimum absolute atomic E-state index is 0.448. The van der Waals surface area contributed by atoms with Crippen LogP contribution in [0.15, 0.2) is 0 Å². The van der Waals surface area contributed by atoms with E-state index in [1.807, 2.05) is 0 Å². The van der Waals surface area contributed by atoms with Crippen LogP contribution in [-0.4, -0.2) is 50.3 Å². The van der Waals surface area contributed by atoms with Crippen LogP contribution in [-0.2, 0) is 4.74 Å². The van der Waals surface area contributed by atoms with E-state index in [0.717, 1.165) is 12.5 Å². The van der Waals surface area contributed by atoms with Gasteiger partial charge in [0.05, 0.1) is 6.10 Å². The van der Waals surface area contributed by atoms with Crippen LogP contribution in [0.3, 0.4) is 0 Å². The summed E-state index contributed by atoms with van der Waals surface area (Å²) >= 11 is 0. The number of rotatable bonds is 3. The largest absolute Gasteiger partial charge is 0.378 e. The molecule has 0 aromatic carbocycles. The van der Waals surface area contributed by atoms with Gasteiger partial charge in [-0.15, -0.1) is 0 Å². The number of nitrogens with one attached hydrogen (secondary N) is 1. The molecule has 16 heavy (non-hydrogen) atoms. The van der Waals surface area contributed by atoms with Crippen LogP contribution in [0.1, 0.15) is 32.6 Å². The highest BCUT2D eigenvalue weighted by Crippen LogP contribution is 2.17. The predicted octanol–water partition coefficient (Wildman–Crippen LogP) is 1.49. The quantitative estimate of drug-likeness (QED) is 0.789. The third-order valence-corrected chi connectivity index (χ3v) is 4.02. The van der Waals surface area contributed by atoms with Crippen LogP contribution in [0.4, 0.5) is 0 Å². The SMILES string of the molecule is CC1CC(NCC2CCN(C)CC2)CCO1. The van der Waals surface area contributed by atoms with E-state index in [1.165, 1.54) is 45.3 Å². The van der Waals surface area contributed by atoms with E-state index in [4.69, 9.17) is 4.74 Å². The van der Waals surface area contributed by atoms with E-state index in [9.17, 15) is 0 Å². The van der Waals surface area contributed by atoms with E-state index < -0.39 is 0 Å². The van der Waals surface area contributed by atoms with Crippen LogP contribution >= 0.6 is 0 Å². The molecule has 0 radical (unpaired) electrons. The van der Waals surface area contributed by atoms with Gasteiger partial charge in [0.2, 0.25) is 0 Å². The molecule has 0 amide bonds. The fourth-order valence-corrected chi connectivity index (χ4v) is 2.78. The molecule has 1 N–H and O–H groups in total. The molecule has 2 aliphatic rings. The van der Waals surface area contributed by atoms with Crippen LogP contribution < -0.4 is 5.32 Å². The molecule has 0 aromatic heterocycles. The lowest BCUT2D eigenvalue weighted by Crippen LogP contribution is -2.42. The van der Waals surface area contributed by atoms with Crippen molar-refractivity contribution in [3.8, 4) is 0 Å². The minimum Gasteiger partial charge on any atom is -0.378 e. The average molecular weight is 226 g/mol. The molecule has 3 heteroatoms. The van der Waals surface area contributed by atoms with E-state index in [-0.39, 0.29) is 0 Å². The Morgan fingerprint density at radius 2 is 2.00 bits per heavy atom. The molecular formula is C13H26N2O. The second-order valence-electron chi connectivity index (χ2n) is 5.56. The average Bonchev–Trinajstić information content (AvgIpc) is 2.28. The number of ether oxygens (including phenoxy) is 1. The lowest BCUT2D eigenvalue weighted by Gasteiger charge is -2.32. The van der Waals surface area contributed by atoms with Crippen LogP contribution in [0.2, 0.25) is 0 Å². The standard InChI is InChI=1S/C13H26N2O/c1-11-9-13(5-8-16-11)14-10-12-3-6-15(2)7-4-12/h11-14H,3-10H2,1-2H3. The second kappa shape index (κ2) is 5.99. The van der Waals surface area contributed by atoms with Crippen LogP contribution in [0.25, 0.3) is 0 Å². The molecule has 0 aliphatic carbocycles. The van der Waals surface area contributed by atoms with Crippen LogP contribution in [0.5, 0.6) is 0 Å². The van der Waals surface area contributed by atoms with Gasteiger partial charge in [-0.2, -0.15) is 0 Å². The fourth-order valence-electron chi connectivity index (χ4n) is 2.78. The van der Waals surface area contributed by atoms with Crippen LogP contribution in [0, 0.1) is 5.92 Å². The first kappa shape index (κ1) is 12.3. The molecule has 2 saturated heterocycles. The van der Waals surface area contributed by atoms with Gasteiger partial charge in [-0.3, -0.25) is 0 Å². The first-order chi connectivity index (χ1) is 7.74. The van der Waals surface area contributed by atoms with Crippen molar-refractivity contribution in [1.29, 1.82) is 0 Å². The molecule has 0 bridgehead atoms. The molecule has 0 saturated carbocycles. The van der Waals surface area contributed by atoms with Crippen molar-refractivity contribution in [2.24, 2.45) is 5.92 Å². The Bertz CT molecular complexity index is 202. The smallest absolute Gasteiger partial charge is 0.0561 e. The summed E-state index contributed by atoms with van der Waals surface area (Å²) < 4.78 is 5.57. The van der Waals surface area contributed by atoms with Gasteiger partial charge in [0.1, 0.15) is 0 Å². The van der Waals surface area contributed by atoms with Crippen molar-refractivity contribution in [3.63, 3.8) is 0 Å². The monoisotopic (exact) mass is 226 g/mol. The summed E-state index contributed by atoms with van der Waals surface area (Å²) in [5, 5.41) is 3.74. The molecule has 2 unspecified atom stereocenters. The van der Waals surface area contributed by atoms with Gasteiger partial charge in [-0.25, -0.2) is 0 Å². The van der Waals surface area contributed by atoms with Gasteiger partial charge in [-0.1, -0.05) is 0 Å². The number of hydrogen-bond acceptors (Lipinski definition) is 3. The highest BCUT2D eigenvalue weighted by molar-refractivity contribution is 4.78. The maximum atomic E-state index is 5.57. The minimum atomic E-state index is 0.448. The zero-order valence-electron chi connectivity index (χ0n) is 10.7. The summed E-state index contributed by atoms with van der Waals surface area (Å²) in [7, 11) is 2.23. The maximum Gasteiger partial charge on any atom is 0.0561 e. The second-order valence-corrected chi connectivity index (χ2v) is 5.56. The predicted molar refractivity (Wildman–Crippen MR) is 66.7 cm³/mol. The summed E-state index contributed by atoms with van der Waals surface area (Å²) in [6.45, 7) is 6.88. The molecule has 2 rings (SSSR count). The lowest BCUT2D eigenvalue weighted by atomic mass is 9.96. The Kier molecular flexibility index (Phi) is 4.62. The first-order valence-corrected chi connectivity index (χ1v) is 6.77. The van der Waals surface area contributed by atoms with Gasteiger partial charge >= 0.3 is 0 Å². The molecule has 94 valence electrons. The zero-order chi connectivity index (χ0) is 11.4. The van der Waals surface area contributed by atoms with Crippen molar-refractivity contribution in [1.82, 2.24) is 10.2 Å². The topological polar surface area (TPSA) is 24.5 Å². The Morgan fingerprint density at radius 3 is 2.69 bits per heavy atom. The molecule has 2 fully saturated rings. The third-order valence-electron chi connectivity index (χ3n) is 4.02. The number of hydrogen-bond donors (Lipinski definition) is 1. The van der Waals surface area contributed by atoms with E-state index in [0.29, 0.717) is 12.1 Å². The summed E-state index contributed by atoms with van der Waals surface area (Å²) in [6.07, 6.45) is 5.55. The molecule has 3 nitrogen and oxygen atoms in total. The Labute approximate surface area is 99.5 Å². The van der Waals surface area contributed by atoms with Crippen molar-refractivity contribution in [3.05, 3.63) is 0 Å². The third kappa shape index (κ3) is 3.72. The van der Waals surface area contributed by atoms with E-state index in [2.05, 4.69) is 24.2 Å². The van der Waals surface area contributed by atoms with Crippen molar-refractivity contribution in [2.75, 3.05) is 33.3 Å². The molecule has 2 aliphatic heterocycles. The van der Waals surface area contributed by atoms with Crippen molar-refractivity contribution >= 4 is 0 Å². The lowest BCUT2D eigenvalue weighted by molar-refractivity contribution is 0.0122. The highest BCUT2D eigenvalue weighted by atomic mass is 16.5. The van der Waals surface area contributed by atoms with Crippen molar-refractivity contribution in [2.45, 2.75) is 44.8 Å². The number of nitrogens with zero attached hydrogens (tertiary/aromatic N) is 1.